The summed E-state index contributed by atoms with van der Waals surface area (Å²) in [6.07, 6.45) is 0. The largest absolute Gasteiger partial charge is 2.00 e. The van der Waals surface area contributed by atoms with Gasteiger partial charge in [0.15, 0.2) is 0 Å². The fourth-order valence-electron chi connectivity index (χ4n) is 0. The third kappa shape index (κ3) is 32.1. The van der Waals surface area contributed by atoms with Gasteiger partial charge in [-0.25, -0.2) is 0 Å². The molecule has 0 heterocycles. The van der Waals surface area contributed by atoms with Gasteiger partial charge < -0.3 is 16.8 Å². The molecule has 0 radical (unpaired) electrons. The van der Waals surface area contributed by atoms with Crippen molar-refractivity contribution in [2.45, 2.75) is 11.0 Å². The molecule has 0 bridgehead atoms. The zero-order valence-electron chi connectivity index (χ0n) is 8.14. The molecule has 0 amide bonds. The normalized spacial score (nSPS) is 11.1. The molecule has 0 aromatic rings. The molecule has 0 spiro atoms. The van der Waals surface area contributed by atoms with E-state index in [0.717, 1.165) is 0 Å². The summed E-state index contributed by atoms with van der Waals surface area (Å²) in [5.74, 6) is 0. The zero-order chi connectivity index (χ0) is 15.7. The van der Waals surface area contributed by atoms with Crippen LogP contribution in [0.1, 0.15) is 0 Å². The van der Waals surface area contributed by atoms with Gasteiger partial charge in [-0.05, 0) is 0 Å². The minimum atomic E-state index is -5.08. The Morgan fingerprint density at radius 2 is 0.789 bits per heavy atom. The number of alkyl halides is 6. The molecule has 0 fully saturated rings. The van der Waals surface area contributed by atoms with E-state index in [9.17, 15) is 26.3 Å². The quantitative estimate of drug-likeness (QED) is 0.265. The predicted octanol–water partition coefficient (Wildman–Crippen LogP) is 1.31. The van der Waals surface area contributed by atoms with Crippen molar-refractivity contribution in [1.29, 1.82) is 0 Å². The molecule has 114 valence electrons. The predicted molar refractivity (Wildman–Crippen MR) is 43.0 cm³/mol. The van der Waals surface area contributed by atoms with Crippen LogP contribution in [0.2, 0.25) is 0 Å². The Kier molecular flexibility index (Phi) is 17.3. The van der Waals surface area contributed by atoms with Crippen LogP contribution in [0, 0.1) is 0 Å². The summed E-state index contributed by atoms with van der Waals surface area (Å²) >= 11 is -2.61. The van der Waals surface area contributed by atoms with Crippen molar-refractivity contribution in [3.05, 3.63) is 0 Å². The molecule has 0 saturated carbocycles. The third-order valence-corrected chi connectivity index (χ3v) is 1.13. The molecule has 0 atom stereocenters. The Morgan fingerprint density at radius 1 is 0.737 bits per heavy atom. The summed E-state index contributed by atoms with van der Waals surface area (Å²) in [5.41, 5.74) is -10.2. The van der Waals surface area contributed by atoms with Gasteiger partial charge >= 0.3 is 30.5 Å². The average molecular weight is 414 g/mol. The third-order valence-electron chi connectivity index (χ3n) is 0.378. The van der Waals surface area contributed by atoms with Gasteiger partial charge in [0.25, 0.3) is 11.4 Å². The van der Waals surface area contributed by atoms with Crippen LogP contribution in [0.5, 0.6) is 0 Å². The van der Waals surface area contributed by atoms with Crippen molar-refractivity contribution < 1.29 is 76.0 Å². The Labute approximate surface area is 120 Å². The van der Waals surface area contributed by atoms with Crippen LogP contribution in [0.4, 0.5) is 26.3 Å². The van der Waals surface area contributed by atoms with Crippen LogP contribution < -0.4 is 0 Å². The minimum Gasteiger partial charge on any atom is -0.416 e. The average Bonchev–Trinajstić information content (AvgIpc) is 1.99. The smallest absolute Gasteiger partial charge is 0.416 e. The summed E-state index contributed by atoms with van der Waals surface area (Å²) in [5, 5.41) is 0. The van der Waals surface area contributed by atoms with Crippen molar-refractivity contribution in [2.75, 3.05) is 0 Å². The summed E-state index contributed by atoms with van der Waals surface area (Å²) in [7, 11) is -7.87. The van der Waals surface area contributed by atoms with E-state index in [1.54, 1.807) is 0 Å². The molecule has 0 aliphatic heterocycles. The van der Waals surface area contributed by atoms with Gasteiger partial charge in [-0.3, -0.25) is 9.11 Å². The second-order valence-electron chi connectivity index (χ2n) is 1.59. The molecule has 19 heavy (non-hydrogen) atoms. The van der Waals surface area contributed by atoms with E-state index >= 15 is 0 Å². The SMILES string of the molecule is O=S(O)O.O=[S-](=O)C(F)(F)F.O=[S-](=O)C(F)(F)F.[Zn+2]. The molecule has 7 nitrogen and oxygen atoms in total. The first kappa shape index (κ1) is 27.5. The number of hydrogen-bond acceptors (Lipinski definition) is 7. The van der Waals surface area contributed by atoms with Gasteiger partial charge in [-0.1, -0.05) is 0 Å². The summed E-state index contributed by atoms with van der Waals surface area (Å²) in [6, 6.07) is 0. The van der Waals surface area contributed by atoms with Crippen LogP contribution in [-0.2, 0) is 69.1 Å². The molecule has 0 aromatic carbocycles. The van der Waals surface area contributed by atoms with Crippen LogP contribution in [0.15, 0.2) is 0 Å². The molecule has 17 heteroatoms. The van der Waals surface area contributed by atoms with Crippen LogP contribution in [0.25, 0.3) is 0 Å². The maximum absolute atomic E-state index is 10.6. The second-order valence-corrected chi connectivity index (χ2v) is 3.92. The Balaban J connectivity index is -0.0000000900. The topological polar surface area (TPSA) is 126 Å². The van der Waals surface area contributed by atoms with Gasteiger partial charge in [0.1, 0.15) is 0 Å². The molecular weight excluding hydrogens is 412 g/mol. The molecule has 0 aliphatic carbocycles. The molecule has 0 unspecified atom stereocenters. The van der Waals surface area contributed by atoms with E-state index in [1.807, 2.05) is 0 Å². The van der Waals surface area contributed by atoms with E-state index in [4.69, 9.17) is 30.1 Å². The maximum Gasteiger partial charge on any atom is 2.00 e. The maximum atomic E-state index is 10.6. The van der Waals surface area contributed by atoms with Gasteiger partial charge in [0.05, 0.1) is 0 Å². The van der Waals surface area contributed by atoms with Crippen molar-refractivity contribution in [1.82, 2.24) is 0 Å². The molecule has 0 rings (SSSR count). The van der Waals surface area contributed by atoms with Gasteiger partial charge in [0, 0.05) is 21.4 Å². The Bertz CT molecular complexity index is 343. The van der Waals surface area contributed by atoms with E-state index in [1.165, 1.54) is 0 Å². The van der Waals surface area contributed by atoms with Crippen LogP contribution in [0.3, 0.4) is 0 Å². The van der Waals surface area contributed by atoms with Crippen LogP contribution in [-0.4, -0.2) is 24.3 Å². The Hall–Kier alpha value is 0.173. The molecule has 0 saturated heterocycles. The molecule has 0 aliphatic rings. The molecule has 2 N–H and O–H groups in total. The monoisotopic (exact) mass is 412 g/mol. The number of halogens is 6. The first-order valence-electron chi connectivity index (χ1n) is 2.74. The summed E-state index contributed by atoms with van der Waals surface area (Å²) < 4.78 is 122. The van der Waals surface area contributed by atoms with Crippen LogP contribution >= 0.6 is 0 Å². The van der Waals surface area contributed by atoms with Crippen molar-refractivity contribution in [3.63, 3.8) is 0 Å². The van der Waals surface area contributed by atoms with E-state index in [2.05, 4.69) is 0 Å². The Morgan fingerprint density at radius 3 is 0.789 bits per heavy atom. The van der Waals surface area contributed by atoms with E-state index in [0.29, 0.717) is 0 Å². The molecular formula is C2H2F6O7S3Zn. The van der Waals surface area contributed by atoms with Crippen molar-refractivity contribution in [3.8, 4) is 0 Å². The number of hydrogen-bond donors (Lipinski definition) is 2. The fraction of sp³-hybridized carbons (Fsp3) is 1.00. The van der Waals surface area contributed by atoms with E-state index in [-0.39, 0.29) is 19.5 Å². The standard InChI is InChI=1S/2CF3O2S.H2O3S.Zn/c2*2-1(3,4)7(5)6;1-4(2)3;/h;;(H2,1,2,3);/q2*-1;;+2. The van der Waals surface area contributed by atoms with Gasteiger partial charge in [-0.2, -0.15) is 30.6 Å². The van der Waals surface area contributed by atoms with E-state index < -0.39 is 43.8 Å². The zero-order valence-corrected chi connectivity index (χ0v) is 13.6. The van der Waals surface area contributed by atoms with Crippen molar-refractivity contribution >= 4 is 32.8 Å². The second kappa shape index (κ2) is 12.0. The minimum absolute atomic E-state index is 0. The molecule has 0 aromatic heterocycles. The number of rotatable bonds is 0. The fourth-order valence-corrected chi connectivity index (χ4v) is 0. The van der Waals surface area contributed by atoms with Crippen molar-refractivity contribution in [2.24, 2.45) is 0 Å². The van der Waals surface area contributed by atoms with Gasteiger partial charge in [0.2, 0.25) is 0 Å². The summed E-state index contributed by atoms with van der Waals surface area (Å²) in [6.45, 7) is 0. The first-order valence-corrected chi connectivity index (χ1v) is 5.95. The van der Waals surface area contributed by atoms with Gasteiger partial charge in [-0.15, -0.1) is 0 Å². The summed E-state index contributed by atoms with van der Waals surface area (Å²) in [4.78, 5) is 0. The first-order chi connectivity index (χ1) is 7.62.